The number of benzene rings is 1. The Hall–Kier alpha value is -2.07. The second kappa shape index (κ2) is 8.75. The zero-order chi connectivity index (χ0) is 19.3. The van der Waals surface area contributed by atoms with E-state index in [9.17, 15) is 4.79 Å². The van der Waals surface area contributed by atoms with Crippen molar-refractivity contribution in [3.8, 4) is 5.88 Å². The van der Waals surface area contributed by atoms with Crippen molar-refractivity contribution in [3.63, 3.8) is 0 Å². The van der Waals surface area contributed by atoms with E-state index in [4.69, 9.17) is 16.3 Å². The van der Waals surface area contributed by atoms with Crippen LogP contribution in [0.3, 0.4) is 0 Å². The quantitative estimate of drug-likeness (QED) is 0.623. The van der Waals surface area contributed by atoms with Gasteiger partial charge in [-0.05, 0) is 43.9 Å². The molecular weight excluding hydrogens is 360 g/mol. The summed E-state index contributed by atoms with van der Waals surface area (Å²) in [6.07, 6.45) is 7.43. The molecule has 2 aromatic rings. The van der Waals surface area contributed by atoms with Crippen LogP contribution in [0.15, 0.2) is 36.5 Å². The molecule has 1 saturated carbocycles. The summed E-state index contributed by atoms with van der Waals surface area (Å²) in [5.74, 6) is 0.622. The zero-order valence-electron chi connectivity index (χ0n) is 16.1. The Kier molecular flexibility index (Phi) is 6.38. The highest BCUT2D eigenvalue weighted by molar-refractivity contribution is 6.31. The van der Waals surface area contributed by atoms with Crippen molar-refractivity contribution in [1.82, 2.24) is 4.98 Å². The van der Waals surface area contributed by atoms with Gasteiger partial charge in [0.15, 0.2) is 0 Å². The van der Waals surface area contributed by atoms with Crippen LogP contribution in [0.5, 0.6) is 5.88 Å². The lowest BCUT2D eigenvalue weighted by atomic mass is 9.78. The number of hydrogen-bond donors (Lipinski definition) is 1. The third-order valence-corrected chi connectivity index (χ3v) is 5.64. The van der Waals surface area contributed by atoms with E-state index in [1.807, 2.05) is 37.3 Å². The number of carbonyl (C=O) groups excluding carboxylic acids is 1. The summed E-state index contributed by atoms with van der Waals surface area (Å²) in [5.41, 5.74) is 1.97. The van der Waals surface area contributed by atoms with E-state index in [0.717, 1.165) is 49.7 Å². The number of hydrogen-bond acceptors (Lipinski definition) is 3. The normalized spacial score (nSPS) is 15.5. The summed E-state index contributed by atoms with van der Waals surface area (Å²) in [6, 6.07) is 9.60. The first-order valence-electron chi connectivity index (χ1n) is 9.73. The Bertz CT molecular complexity index is 801. The van der Waals surface area contributed by atoms with Gasteiger partial charge in [0.25, 0.3) is 0 Å². The Morgan fingerprint density at radius 2 is 2.04 bits per heavy atom. The van der Waals surface area contributed by atoms with Crippen molar-refractivity contribution in [2.24, 2.45) is 0 Å². The Morgan fingerprint density at radius 3 is 2.70 bits per heavy atom. The topological polar surface area (TPSA) is 51.2 Å². The van der Waals surface area contributed by atoms with Crippen molar-refractivity contribution in [2.45, 2.75) is 57.8 Å². The number of ether oxygens (including phenoxy) is 1. The first-order valence-corrected chi connectivity index (χ1v) is 10.1. The van der Waals surface area contributed by atoms with Crippen molar-refractivity contribution in [3.05, 3.63) is 52.7 Å². The number of aryl methyl sites for hydroxylation is 1. The van der Waals surface area contributed by atoms with Crippen molar-refractivity contribution < 1.29 is 9.53 Å². The summed E-state index contributed by atoms with van der Waals surface area (Å²) in [6.45, 7) is 4.73. The Labute approximate surface area is 166 Å². The molecule has 0 saturated heterocycles. The average molecular weight is 387 g/mol. The fourth-order valence-corrected chi connectivity index (χ4v) is 4.11. The number of anilines is 1. The standard InChI is InChI=1S/C22H27ClN2O2/c1-3-4-13-27-20-16(2)14-17(15-24-20)25-21(26)22(11-7-8-12-22)18-9-5-6-10-19(18)23/h5-6,9-10,14-15H,3-4,7-8,11-13H2,1-2H3,(H,25,26). The lowest BCUT2D eigenvalue weighted by Crippen LogP contribution is -2.38. The van der Waals surface area contributed by atoms with Crippen LogP contribution in [0.25, 0.3) is 0 Å². The molecule has 1 heterocycles. The van der Waals surface area contributed by atoms with Gasteiger partial charge in [-0.15, -0.1) is 0 Å². The number of nitrogens with one attached hydrogen (secondary N) is 1. The molecule has 1 aromatic carbocycles. The molecule has 1 fully saturated rings. The summed E-state index contributed by atoms with van der Waals surface area (Å²) in [5, 5.41) is 3.73. The number of rotatable bonds is 7. The number of halogens is 1. The van der Waals surface area contributed by atoms with Gasteiger partial charge < -0.3 is 10.1 Å². The average Bonchev–Trinajstić information content (AvgIpc) is 3.15. The molecule has 0 aliphatic heterocycles. The second-order valence-electron chi connectivity index (χ2n) is 7.27. The van der Waals surface area contributed by atoms with Crippen molar-refractivity contribution in [2.75, 3.05) is 11.9 Å². The zero-order valence-corrected chi connectivity index (χ0v) is 16.8. The molecule has 0 atom stereocenters. The van der Waals surface area contributed by atoms with E-state index in [1.165, 1.54) is 0 Å². The molecule has 144 valence electrons. The molecule has 5 heteroatoms. The van der Waals surface area contributed by atoms with Crippen molar-refractivity contribution >= 4 is 23.2 Å². The minimum Gasteiger partial charge on any atom is -0.477 e. The molecule has 27 heavy (non-hydrogen) atoms. The number of carbonyl (C=O) groups is 1. The van der Waals surface area contributed by atoms with Crippen LogP contribution in [0.2, 0.25) is 5.02 Å². The van der Waals surface area contributed by atoms with Crippen LogP contribution < -0.4 is 10.1 Å². The van der Waals surface area contributed by atoms with Gasteiger partial charge in [-0.3, -0.25) is 4.79 Å². The fourth-order valence-electron chi connectivity index (χ4n) is 3.79. The Balaban J connectivity index is 1.79. The van der Waals surface area contributed by atoms with Crippen LogP contribution in [0, 0.1) is 6.92 Å². The maximum atomic E-state index is 13.3. The second-order valence-corrected chi connectivity index (χ2v) is 7.68. The van der Waals surface area contributed by atoms with E-state index in [1.54, 1.807) is 6.20 Å². The predicted octanol–water partition coefficient (Wildman–Crippen LogP) is 5.67. The summed E-state index contributed by atoms with van der Waals surface area (Å²) in [7, 11) is 0. The molecular formula is C22H27ClN2O2. The van der Waals surface area contributed by atoms with Crippen LogP contribution in [0.4, 0.5) is 5.69 Å². The van der Waals surface area contributed by atoms with Gasteiger partial charge >= 0.3 is 0 Å². The molecule has 0 bridgehead atoms. The monoisotopic (exact) mass is 386 g/mol. The van der Waals surface area contributed by atoms with Crippen LogP contribution in [0.1, 0.15) is 56.6 Å². The SMILES string of the molecule is CCCCOc1ncc(NC(=O)C2(c3ccccc3Cl)CCCC2)cc1C. The van der Waals surface area contributed by atoms with E-state index in [0.29, 0.717) is 23.2 Å². The predicted molar refractivity (Wildman–Crippen MR) is 110 cm³/mol. The highest BCUT2D eigenvalue weighted by atomic mass is 35.5. The van der Waals surface area contributed by atoms with Gasteiger partial charge in [0.05, 0.1) is 23.9 Å². The third kappa shape index (κ3) is 4.27. The van der Waals surface area contributed by atoms with E-state index < -0.39 is 5.41 Å². The fraction of sp³-hybridized carbons (Fsp3) is 0.455. The minimum atomic E-state index is -0.567. The van der Waals surface area contributed by atoms with Gasteiger partial charge in [-0.25, -0.2) is 4.98 Å². The molecule has 4 nitrogen and oxygen atoms in total. The molecule has 1 aromatic heterocycles. The summed E-state index contributed by atoms with van der Waals surface area (Å²) < 4.78 is 5.70. The van der Waals surface area contributed by atoms with E-state index in [2.05, 4.69) is 17.2 Å². The third-order valence-electron chi connectivity index (χ3n) is 5.31. The van der Waals surface area contributed by atoms with Gasteiger partial charge in [-0.2, -0.15) is 0 Å². The van der Waals surface area contributed by atoms with Gasteiger partial charge in [0.1, 0.15) is 0 Å². The smallest absolute Gasteiger partial charge is 0.235 e. The molecule has 1 aliphatic rings. The minimum absolute atomic E-state index is 0.00560. The number of amides is 1. The number of pyridine rings is 1. The van der Waals surface area contributed by atoms with Crippen LogP contribution in [-0.4, -0.2) is 17.5 Å². The molecule has 1 N–H and O–H groups in total. The Morgan fingerprint density at radius 1 is 1.30 bits per heavy atom. The lowest BCUT2D eigenvalue weighted by Gasteiger charge is -2.29. The molecule has 0 spiro atoms. The molecule has 3 rings (SSSR count). The van der Waals surface area contributed by atoms with Crippen molar-refractivity contribution in [1.29, 1.82) is 0 Å². The van der Waals surface area contributed by atoms with E-state index >= 15 is 0 Å². The van der Waals surface area contributed by atoms with E-state index in [-0.39, 0.29) is 5.91 Å². The van der Waals surface area contributed by atoms with Gasteiger partial charge in [0, 0.05) is 10.6 Å². The maximum Gasteiger partial charge on any atom is 0.235 e. The first kappa shape index (κ1) is 19.7. The van der Waals surface area contributed by atoms with Crippen LogP contribution >= 0.6 is 11.6 Å². The lowest BCUT2D eigenvalue weighted by molar-refractivity contribution is -0.121. The largest absolute Gasteiger partial charge is 0.477 e. The molecule has 1 amide bonds. The number of nitrogens with zero attached hydrogens (tertiary/aromatic N) is 1. The highest BCUT2D eigenvalue weighted by Crippen LogP contribution is 2.44. The van der Waals surface area contributed by atoms with Gasteiger partial charge in [-0.1, -0.05) is 56.0 Å². The summed E-state index contributed by atoms with van der Waals surface area (Å²) in [4.78, 5) is 17.6. The molecule has 1 aliphatic carbocycles. The van der Waals surface area contributed by atoms with Gasteiger partial charge in [0.2, 0.25) is 11.8 Å². The first-order chi connectivity index (χ1) is 13.1. The maximum absolute atomic E-state index is 13.3. The molecule has 0 unspecified atom stereocenters. The highest BCUT2D eigenvalue weighted by Gasteiger charge is 2.43. The number of aromatic nitrogens is 1. The molecule has 0 radical (unpaired) electrons. The number of unbranched alkanes of at least 4 members (excludes halogenated alkanes) is 1. The van der Waals surface area contributed by atoms with Crippen LogP contribution in [-0.2, 0) is 10.2 Å². The summed E-state index contributed by atoms with van der Waals surface area (Å²) >= 11 is 6.44.